The average Bonchev–Trinajstić information content (AvgIpc) is 2.21. The van der Waals surface area contributed by atoms with Crippen LogP contribution in [0, 0.1) is 5.82 Å². The minimum absolute atomic E-state index is 0.0315. The molecular formula is C10H10FNO4. The lowest BCUT2D eigenvalue weighted by Crippen LogP contribution is -2.24. The average molecular weight is 227 g/mol. The van der Waals surface area contributed by atoms with Crippen molar-refractivity contribution in [2.45, 2.75) is 13.0 Å². The first-order chi connectivity index (χ1) is 7.41. The van der Waals surface area contributed by atoms with Crippen molar-refractivity contribution in [3.63, 3.8) is 0 Å². The number of halogens is 1. The van der Waals surface area contributed by atoms with Gasteiger partial charge < -0.3 is 15.6 Å². The van der Waals surface area contributed by atoms with Crippen LogP contribution < -0.4 is 5.73 Å². The van der Waals surface area contributed by atoms with E-state index in [0.29, 0.717) is 0 Å². The van der Waals surface area contributed by atoms with Crippen LogP contribution in [0.2, 0.25) is 0 Å². The molecule has 3 N–H and O–H groups in total. The fourth-order valence-corrected chi connectivity index (χ4v) is 0.980. The summed E-state index contributed by atoms with van der Waals surface area (Å²) in [6, 6.07) is 3.19. The quantitative estimate of drug-likeness (QED) is 0.594. The van der Waals surface area contributed by atoms with Crippen molar-refractivity contribution in [3.8, 4) is 0 Å². The predicted octanol–water partition coefficient (Wildman–Crippen LogP) is 1.04. The largest absolute Gasteiger partial charge is 0.479 e. The number of anilines is 1. The van der Waals surface area contributed by atoms with E-state index in [4.69, 9.17) is 10.8 Å². The van der Waals surface area contributed by atoms with Gasteiger partial charge in [-0.25, -0.2) is 14.0 Å². The van der Waals surface area contributed by atoms with E-state index >= 15 is 0 Å². The van der Waals surface area contributed by atoms with E-state index in [-0.39, 0.29) is 11.3 Å². The summed E-state index contributed by atoms with van der Waals surface area (Å²) in [5, 5.41) is 8.52. The summed E-state index contributed by atoms with van der Waals surface area (Å²) in [4.78, 5) is 21.8. The Balaban J connectivity index is 2.88. The van der Waals surface area contributed by atoms with Crippen LogP contribution in [-0.2, 0) is 9.53 Å². The number of benzene rings is 1. The molecule has 0 radical (unpaired) electrons. The number of aliphatic carboxylic acids is 1. The molecule has 0 aliphatic rings. The molecular weight excluding hydrogens is 217 g/mol. The number of esters is 1. The zero-order valence-corrected chi connectivity index (χ0v) is 8.44. The molecule has 16 heavy (non-hydrogen) atoms. The number of hydrogen-bond acceptors (Lipinski definition) is 4. The van der Waals surface area contributed by atoms with Gasteiger partial charge in [-0.2, -0.15) is 0 Å². The van der Waals surface area contributed by atoms with Crippen molar-refractivity contribution in [3.05, 3.63) is 29.6 Å². The molecule has 6 heteroatoms. The number of hydrogen-bond donors (Lipinski definition) is 2. The molecule has 1 aromatic rings. The molecule has 0 heterocycles. The topological polar surface area (TPSA) is 89.6 Å². The Labute approximate surface area is 90.6 Å². The van der Waals surface area contributed by atoms with Gasteiger partial charge in [0.15, 0.2) is 6.10 Å². The number of carboxylic acids is 1. The van der Waals surface area contributed by atoms with E-state index in [1.165, 1.54) is 13.0 Å². The Hall–Kier alpha value is -2.11. The SMILES string of the molecule is CC(OC(=O)c1cc(F)ccc1N)C(=O)O. The molecule has 1 rings (SSSR count). The van der Waals surface area contributed by atoms with Gasteiger partial charge in [-0.05, 0) is 25.1 Å². The van der Waals surface area contributed by atoms with Crippen LogP contribution in [0.4, 0.5) is 10.1 Å². The summed E-state index contributed by atoms with van der Waals surface area (Å²) in [5.41, 5.74) is 5.27. The Kier molecular flexibility index (Phi) is 3.44. The maximum Gasteiger partial charge on any atom is 0.344 e. The van der Waals surface area contributed by atoms with Crippen LogP contribution in [0.5, 0.6) is 0 Å². The van der Waals surface area contributed by atoms with Crippen LogP contribution in [0.1, 0.15) is 17.3 Å². The van der Waals surface area contributed by atoms with Crippen LogP contribution in [-0.4, -0.2) is 23.1 Å². The lowest BCUT2D eigenvalue weighted by Gasteiger charge is -2.09. The maximum absolute atomic E-state index is 12.8. The molecule has 86 valence electrons. The molecule has 1 unspecified atom stereocenters. The van der Waals surface area contributed by atoms with Crippen LogP contribution in [0.25, 0.3) is 0 Å². The molecule has 0 amide bonds. The van der Waals surface area contributed by atoms with Crippen LogP contribution in [0.3, 0.4) is 0 Å². The third-order valence-corrected chi connectivity index (χ3v) is 1.87. The fourth-order valence-electron chi connectivity index (χ4n) is 0.980. The van der Waals surface area contributed by atoms with Crippen LogP contribution in [0.15, 0.2) is 18.2 Å². The van der Waals surface area contributed by atoms with Crippen molar-refractivity contribution in [1.29, 1.82) is 0 Å². The monoisotopic (exact) mass is 227 g/mol. The lowest BCUT2D eigenvalue weighted by molar-refractivity contribution is -0.146. The van der Waals surface area contributed by atoms with Crippen molar-refractivity contribution < 1.29 is 23.8 Å². The number of nitrogens with two attached hydrogens (primary N) is 1. The Bertz CT molecular complexity index is 433. The highest BCUT2D eigenvalue weighted by molar-refractivity contribution is 5.96. The number of carbonyl (C=O) groups is 2. The highest BCUT2D eigenvalue weighted by atomic mass is 19.1. The predicted molar refractivity (Wildman–Crippen MR) is 53.3 cm³/mol. The molecule has 0 aromatic heterocycles. The van der Waals surface area contributed by atoms with Gasteiger partial charge in [0, 0.05) is 5.69 Å². The summed E-state index contributed by atoms with van der Waals surface area (Å²) in [7, 11) is 0. The molecule has 1 atom stereocenters. The first-order valence-corrected chi connectivity index (χ1v) is 4.40. The number of ether oxygens (including phenoxy) is 1. The van der Waals surface area contributed by atoms with Gasteiger partial charge in [0.1, 0.15) is 5.82 Å². The highest BCUT2D eigenvalue weighted by Gasteiger charge is 2.19. The molecule has 5 nitrogen and oxygen atoms in total. The second-order valence-corrected chi connectivity index (χ2v) is 3.12. The highest BCUT2D eigenvalue weighted by Crippen LogP contribution is 2.15. The van der Waals surface area contributed by atoms with Gasteiger partial charge in [0.2, 0.25) is 0 Å². The first-order valence-electron chi connectivity index (χ1n) is 4.40. The van der Waals surface area contributed by atoms with Gasteiger partial charge in [-0.15, -0.1) is 0 Å². The normalized spacial score (nSPS) is 11.9. The summed E-state index contributed by atoms with van der Waals surface area (Å²) in [6.45, 7) is 1.19. The van der Waals surface area contributed by atoms with E-state index < -0.39 is 23.9 Å². The standard InChI is InChI=1S/C10H10FNO4/c1-5(9(13)14)16-10(15)7-4-6(11)2-3-8(7)12/h2-5H,12H2,1H3,(H,13,14). The molecule has 0 saturated carbocycles. The molecule has 0 aliphatic carbocycles. The fraction of sp³-hybridized carbons (Fsp3) is 0.200. The third kappa shape index (κ3) is 2.69. The zero-order chi connectivity index (χ0) is 12.3. The van der Waals surface area contributed by atoms with Crippen molar-refractivity contribution >= 4 is 17.6 Å². The van der Waals surface area contributed by atoms with Crippen LogP contribution >= 0.6 is 0 Å². The molecule has 1 aromatic carbocycles. The zero-order valence-electron chi connectivity index (χ0n) is 8.44. The molecule has 0 bridgehead atoms. The Morgan fingerprint density at radius 2 is 2.12 bits per heavy atom. The van der Waals surface area contributed by atoms with Gasteiger partial charge in [-0.1, -0.05) is 0 Å². The number of carboxylic acid groups (broad SMARTS) is 1. The lowest BCUT2D eigenvalue weighted by atomic mass is 10.2. The van der Waals surface area contributed by atoms with E-state index in [2.05, 4.69) is 4.74 Å². The molecule has 0 spiro atoms. The molecule has 0 aliphatic heterocycles. The maximum atomic E-state index is 12.8. The Morgan fingerprint density at radius 3 is 2.69 bits per heavy atom. The molecule has 0 saturated heterocycles. The van der Waals surface area contributed by atoms with Gasteiger partial charge in [-0.3, -0.25) is 0 Å². The number of rotatable bonds is 3. The van der Waals surface area contributed by atoms with E-state index in [0.717, 1.165) is 12.1 Å². The number of nitrogen functional groups attached to an aromatic ring is 1. The third-order valence-electron chi connectivity index (χ3n) is 1.87. The van der Waals surface area contributed by atoms with E-state index in [1.54, 1.807) is 0 Å². The summed E-state index contributed by atoms with van der Waals surface area (Å²) in [6.07, 6.45) is -1.31. The van der Waals surface area contributed by atoms with Gasteiger partial charge in [0.25, 0.3) is 0 Å². The summed E-state index contributed by atoms with van der Waals surface area (Å²) >= 11 is 0. The number of carbonyl (C=O) groups excluding carboxylic acids is 1. The Morgan fingerprint density at radius 1 is 1.50 bits per heavy atom. The van der Waals surface area contributed by atoms with Gasteiger partial charge in [0.05, 0.1) is 5.56 Å². The van der Waals surface area contributed by atoms with Gasteiger partial charge >= 0.3 is 11.9 Å². The second kappa shape index (κ2) is 4.61. The van der Waals surface area contributed by atoms with Crippen molar-refractivity contribution in [1.82, 2.24) is 0 Å². The minimum Gasteiger partial charge on any atom is -0.479 e. The van der Waals surface area contributed by atoms with E-state index in [1.807, 2.05) is 0 Å². The first kappa shape index (κ1) is 12.0. The van der Waals surface area contributed by atoms with E-state index in [9.17, 15) is 14.0 Å². The summed E-state index contributed by atoms with van der Waals surface area (Å²) in [5.74, 6) is -2.90. The smallest absolute Gasteiger partial charge is 0.344 e. The molecule has 0 fully saturated rings. The summed E-state index contributed by atoms with van der Waals surface area (Å²) < 4.78 is 17.4. The van der Waals surface area contributed by atoms with Crippen molar-refractivity contribution in [2.75, 3.05) is 5.73 Å². The van der Waals surface area contributed by atoms with Crippen molar-refractivity contribution in [2.24, 2.45) is 0 Å². The minimum atomic E-state index is -1.31. The second-order valence-electron chi connectivity index (χ2n) is 3.12.